The van der Waals surface area contributed by atoms with Crippen LogP contribution in [0.25, 0.3) is 0 Å². The minimum Gasteiger partial charge on any atom is -0.465 e. The minimum atomic E-state index is 0.808. The Bertz CT molecular complexity index is 536. The molecule has 4 heteroatoms. The molecule has 0 spiro atoms. The van der Waals surface area contributed by atoms with Crippen LogP contribution in [0.5, 0.6) is 0 Å². The maximum absolute atomic E-state index is 5.81. The van der Waals surface area contributed by atoms with Gasteiger partial charge in [-0.15, -0.1) is 0 Å². The van der Waals surface area contributed by atoms with Crippen molar-refractivity contribution in [2.24, 2.45) is 0 Å². The summed E-state index contributed by atoms with van der Waals surface area (Å²) in [6.45, 7) is 7.85. The van der Waals surface area contributed by atoms with Gasteiger partial charge in [0.25, 0.3) is 0 Å². The van der Waals surface area contributed by atoms with Crippen LogP contribution >= 0.6 is 0 Å². The number of nitrogens with zero attached hydrogens (tertiary/aromatic N) is 2. The maximum atomic E-state index is 5.81. The summed E-state index contributed by atoms with van der Waals surface area (Å²) in [5, 5.41) is 3.37. The molecule has 0 aliphatic carbocycles. The van der Waals surface area contributed by atoms with Crippen molar-refractivity contribution >= 4 is 0 Å². The highest BCUT2D eigenvalue weighted by Crippen LogP contribution is 2.17. The number of aromatic nitrogens is 1. The quantitative estimate of drug-likeness (QED) is 0.757. The summed E-state index contributed by atoms with van der Waals surface area (Å²) in [7, 11) is 2.13. The van der Waals surface area contributed by atoms with Gasteiger partial charge in [-0.25, -0.2) is 0 Å². The zero-order valence-corrected chi connectivity index (χ0v) is 13.2. The fraction of sp³-hybridized carbons (Fsp3) is 0.471. The van der Waals surface area contributed by atoms with Crippen molar-refractivity contribution in [1.82, 2.24) is 15.2 Å². The minimum absolute atomic E-state index is 0.808. The van der Waals surface area contributed by atoms with Gasteiger partial charge < -0.3 is 9.73 Å². The van der Waals surface area contributed by atoms with Crippen molar-refractivity contribution in [1.29, 1.82) is 0 Å². The van der Waals surface area contributed by atoms with Gasteiger partial charge in [0.1, 0.15) is 11.5 Å². The van der Waals surface area contributed by atoms with Crippen LogP contribution in [0, 0.1) is 6.92 Å². The first kappa shape index (κ1) is 15.7. The summed E-state index contributed by atoms with van der Waals surface area (Å²) in [6.07, 6.45) is 4.81. The van der Waals surface area contributed by atoms with Gasteiger partial charge in [0.15, 0.2) is 0 Å². The summed E-state index contributed by atoms with van der Waals surface area (Å²) < 4.78 is 5.81. The lowest BCUT2D eigenvalue weighted by Crippen LogP contribution is -2.17. The van der Waals surface area contributed by atoms with Crippen LogP contribution in [0.4, 0.5) is 0 Å². The Morgan fingerprint density at radius 1 is 1.24 bits per heavy atom. The molecular weight excluding hydrogens is 262 g/mol. The summed E-state index contributed by atoms with van der Waals surface area (Å²) >= 11 is 0. The number of pyridine rings is 1. The first-order valence-electron chi connectivity index (χ1n) is 7.55. The molecule has 2 rings (SSSR count). The van der Waals surface area contributed by atoms with Crippen LogP contribution in [-0.4, -0.2) is 23.5 Å². The molecular formula is C17H25N3O. The Balaban J connectivity index is 1.89. The van der Waals surface area contributed by atoms with Gasteiger partial charge in [-0.2, -0.15) is 0 Å². The molecule has 0 amide bonds. The second kappa shape index (κ2) is 7.96. The number of rotatable bonds is 8. The van der Waals surface area contributed by atoms with Gasteiger partial charge in [0.2, 0.25) is 0 Å². The first-order valence-corrected chi connectivity index (χ1v) is 7.55. The molecule has 2 heterocycles. The van der Waals surface area contributed by atoms with E-state index >= 15 is 0 Å². The molecule has 0 radical (unpaired) electrons. The van der Waals surface area contributed by atoms with Crippen molar-refractivity contribution < 1.29 is 4.42 Å². The van der Waals surface area contributed by atoms with E-state index in [1.54, 1.807) is 0 Å². The van der Waals surface area contributed by atoms with Gasteiger partial charge in [0.05, 0.1) is 6.54 Å². The normalized spacial score (nSPS) is 11.2. The average molecular weight is 287 g/mol. The third-order valence-electron chi connectivity index (χ3n) is 3.44. The molecule has 0 saturated carbocycles. The Hall–Kier alpha value is -1.65. The van der Waals surface area contributed by atoms with Crippen molar-refractivity contribution in [2.75, 3.05) is 13.6 Å². The molecule has 21 heavy (non-hydrogen) atoms. The second-order valence-corrected chi connectivity index (χ2v) is 5.50. The summed E-state index contributed by atoms with van der Waals surface area (Å²) in [5.74, 6) is 2.04. The zero-order chi connectivity index (χ0) is 15.1. The number of hydrogen-bond acceptors (Lipinski definition) is 4. The Kier molecular flexibility index (Phi) is 5.96. The molecule has 0 aliphatic heterocycles. The van der Waals surface area contributed by atoms with Gasteiger partial charge in [0, 0.05) is 31.0 Å². The van der Waals surface area contributed by atoms with Crippen LogP contribution in [0.1, 0.15) is 36.0 Å². The van der Waals surface area contributed by atoms with Gasteiger partial charge in [-0.1, -0.05) is 6.92 Å². The fourth-order valence-electron chi connectivity index (χ4n) is 2.37. The summed E-state index contributed by atoms with van der Waals surface area (Å²) in [4.78, 5) is 6.34. The van der Waals surface area contributed by atoms with Crippen LogP contribution in [0.15, 0.2) is 35.0 Å². The van der Waals surface area contributed by atoms with E-state index in [1.807, 2.05) is 19.3 Å². The van der Waals surface area contributed by atoms with Crippen LogP contribution < -0.4 is 5.32 Å². The third kappa shape index (κ3) is 4.99. The zero-order valence-electron chi connectivity index (χ0n) is 13.2. The summed E-state index contributed by atoms with van der Waals surface area (Å²) in [6, 6.07) is 6.28. The average Bonchev–Trinajstić information content (AvgIpc) is 2.80. The van der Waals surface area contributed by atoms with Crippen molar-refractivity contribution in [3.8, 4) is 0 Å². The highest BCUT2D eigenvalue weighted by atomic mass is 16.3. The van der Waals surface area contributed by atoms with Crippen LogP contribution in [0.3, 0.4) is 0 Å². The second-order valence-electron chi connectivity index (χ2n) is 5.50. The highest BCUT2D eigenvalue weighted by molar-refractivity contribution is 5.21. The van der Waals surface area contributed by atoms with Gasteiger partial charge in [-0.05, 0) is 50.7 Å². The smallest absolute Gasteiger partial charge is 0.118 e. The van der Waals surface area contributed by atoms with Crippen molar-refractivity contribution in [3.05, 3.63) is 53.2 Å². The first-order chi connectivity index (χ1) is 10.2. The number of aryl methyl sites for hydroxylation is 1. The molecule has 0 fully saturated rings. The molecule has 0 saturated heterocycles. The monoisotopic (exact) mass is 287 g/mol. The molecule has 2 aromatic rings. The van der Waals surface area contributed by atoms with E-state index < -0.39 is 0 Å². The Morgan fingerprint density at radius 2 is 2.00 bits per heavy atom. The van der Waals surface area contributed by atoms with E-state index in [2.05, 4.69) is 47.4 Å². The lowest BCUT2D eigenvalue weighted by molar-refractivity contribution is 0.316. The highest BCUT2D eigenvalue weighted by Gasteiger charge is 2.10. The van der Waals surface area contributed by atoms with Crippen molar-refractivity contribution in [2.45, 2.75) is 39.9 Å². The van der Waals surface area contributed by atoms with E-state index in [9.17, 15) is 0 Å². The molecule has 4 nitrogen and oxygen atoms in total. The van der Waals surface area contributed by atoms with Gasteiger partial charge in [-0.3, -0.25) is 9.88 Å². The fourth-order valence-corrected chi connectivity index (χ4v) is 2.37. The predicted molar refractivity (Wildman–Crippen MR) is 84.9 cm³/mol. The van der Waals surface area contributed by atoms with E-state index in [-0.39, 0.29) is 0 Å². The van der Waals surface area contributed by atoms with Crippen LogP contribution in [-0.2, 0) is 19.6 Å². The summed E-state index contributed by atoms with van der Waals surface area (Å²) in [5.41, 5.74) is 2.54. The van der Waals surface area contributed by atoms with E-state index in [0.717, 1.165) is 44.1 Å². The van der Waals surface area contributed by atoms with Crippen molar-refractivity contribution in [3.63, 3.8) is 0 Å². The SMILES string of the molecule is CCCNCc1cc(CN(C)Cc2ccncc2)c(C)o1. The molecule has 2 aromatic heterocycles. The van der Waals surface area contributed by atoms with E-state index in [4.69, 9.17) is 4.42 Å². The standard InChI is InChI=1S/C17H25N3O/c1-4-7-19-11-17-10-16(14(2)21-17)13-20(3)12-15-5-8-18-9-6-15/h5-6,8-10,19H,4,7,11-13H2,1-3H3. The largest absolute Gasteiger partial charge is 0.465 e. The molecule has 0 aliphatic rings. The lowest BCUT2D eigenvalue weighted by Gasteiger charge is -2.15. The Labute approximate surface area is 127 Å². The molecule has 0 bridgehead atoms. The number of furan rings is 1. The van der Waals surface area contributed by atoms with Crippen LogP contribution in [0.2, 0.25) is 0 Å². The molecule has 0 unspecified atom stereocenters. The molecule has 0 aromatic carbocycles. The lowest BCUT2D eigenvalue weighted by atomic mass is 10.2. The Morgan fingerprint density at radius 3 is 2.71 bits per heavy atom. The molecule has 0 atom stereocenters. The number of nitrogens with one attached hydrogen (secondary N) is 1. The topological polar surface area (TPSA) is 41.3 Å². The molecule has 114 valence electrons. The maximum Gasteiger partial charge on any atom is 0.118 e. The predicted octanol–water partition coefficient (Wildman–Crippen LogP) is 3.11. The van der Waals surface area contributed by atoms with Gasteiger partial charge >= 0.3 is 0 Å². The molecule has 1 N–H and O–H groups in total. The number of hydrogen-bond donors (Lipinski definition) is 1. The van der Waals surface area contributed by atoms with E-state index in [0.29, 0.717) is 0 Å². The van der Waals surface area contributed by atoms with E-state index in [1.165, 1.54) is 11.1 Å². The third-order valence-corrected chi connectivity index (χ3v) is 3.44.